The minimum atomic E-state index is -0.0464. The molecule has 24 heavy (non-hydrogen) atoms. The van der Waals surface area contributed by atoms with Crippen LogP contribution in [0.5, 0.6) is 0 Å². The summed E-state index contributed by atoms with van der Waals surface area (Å²) in [6, 6.07) is 6.50. The SMILES string of the molecule is CCn1ncc2ccc(NC(=O)C3CC4CCCCC4N3)cc21.Cl. The van der Waals surface area contributed by atoms with E-state index in [1.165, 1.54) is 25.7 Å². The lowest BCUT2D eigenvalue weighted by atomic mass is 9.85. The van der Waals surface area contributed by atoms with Gasteiger partial charge in [-0.25, -0.2) is 0 Å². The highest BCUT2D eigenvalue weighted by molar-refractivity contribution is 5.97. The second kappa shape index (κ2) is 7.11. The maximum Gasteiger partial charge on any atom is 0.241 e. The van der Waals surface area contributed by atoms with Crippen LogP contribution in [-0.2, 0) is 11.3 Å². The molecule has 2 N–H and O–H groups in total. The second-order valence-corrected chi connectivity index (χ2v) is 6.83. The summed E-state index contributed by atoms with van der Waals surface area (Å²) in [5.41, 5.74) is 1.92. The summed E-state index contributed by atoms with van der Waals surface area (Å²) in [7, 11) is 0. The van der Waals surface area contributed by atoms with Gasteiger partial charge in [-0.2, -0.15) is 5.10 Å². The van der Waals surface area contributed by atoms with Crippen molar-refractivity contribution in [2.24, 2.45) is 5.92 Å². The molecule has 1 amide bonds. The van der Waals surface area contributed by atoms with E-state index in [1.54, 1.807) is 0 Å². The van der Waals surface area contributed by atoms with E-state index in [2.05, 4.69) is 22.7 Å². The highest BCUT2D eigenvalue weighted by atomic mass is 35.5. The van der Waals surface area contributed by atoms with Crippen LogP contribution in [0.1, 0.15) is 39.0 Å². The van der Waals surface area contributed by atoms with E-state index >= 15 is 0 Å². The summed E-state index contributed by atoms with van der Waals surface area (Å²) in [6.45, 7) is 2.90. The normalized spacial score (nSPS) is 26.0. The van der Waals surface area contributed by atoms with Crippen LogP contribution in [0.4, 0.5) is 5.69 Å². The Morgan fingerprint density at radius 2 is 2.21 bits per heavy atom. The first-order chi connectivity index (χ1) is 11.2. The minimum Gasteiger partial charge on any atom is -0.325 e. The number of benzene rings is 1. The van der Waals surface area contributed by atoms with Crippen molar-refractivity contribution in [3.63, 3.8) is 0 Å². The monoisotopic (exact) mass is 348 g/mol. The van der Waals surface area contributed by atoms with Gasteiger partial charge in [0.1, 0.15) is 0 Å². The van der Waals surface area contributed by atoms with E-state index in [1.807, 2.05) is 29.1 Å². The fourth-order valence-electron chi connectivity index (χ4n) is 4.15. The molecule has 1 aromatic carbocycles. The van der Waals surface area contributed by atoms with Gasteiger partial charge in [-0.1, -0.05) is 12.8 Å². The molecule has 1 aliphatic heterocycles. The zero-order valence-corrected chi connectivity index (χ0v) is 14.8. The van der Waals surface area contributed by atoms with Gasteiger partial charge in [0.15, 0.2) is 0 Å². The number of rotatable bonds is 3. The topological polar surface area (TPSA) is 59.0 Å². The molecule has 6 heteroatoms. The molecule has 2 aromatic rings. The van der Waals surface area contributed by atoms with Crippen molar-refractivity contribution < 1.29 is 4.79 Å². The molecule has 1 saturated carbocycles. The van der Waals surface area contributed by atoms with E-state index in [-0.39, 0.29) is 24.4 Å². The van der Waals surface area contributed by atoms with Gasteiger partial charge in [-0.15, -0.1) is 12.4 Å². The van der Waals surface area contributed by atoms with E-state index < -0.39 is 0 Å². The van der Waals surface area contributed by atoms with Crippen LogP contribution in [0.15, 0.2) is 24.4 Å². The molecule has 4 rings (SSSR count). The summed E-state index contributed by atoms with van der Waals surface area (Å²) < 4.78 is 1.95. The van der Waals surface area contributed by atoms with Crippen LogP contribution in [-0.4, -0.2) is 27.8 Å². The molecule has 1 aliphatic carbocycles. The van der Waals surface area contributed by atoms with Crippen molar-refractivity contribution >= 4 is 34.9 Å². The largest absolute Gasteiger partial charge is 0.325 e. The summed E-state index contributed by atoms with van der Waals surface area (Å²) in [5.74, 6) is 0.782. The number of hydrogen-bond acceptors (Lipinski definition) is 3. The third kappa shape index (κ3) is 3.15. The number of aryl methyl sites for hydroxylation is 1. The van der Waals surface area contributed by atoms with E-state index in [0.717, 1.165) is 29.6 Å². The molecule has 1 saturated heterocycles. The van der Waals surface area contributed by atoms with Gasteiger partial charge in [0.2, 0.25) is 5.91 Å². The Hall–Kier alpha value is -1.59. The number of halogens is 1. The Bertz CT molecular complexity index is 715. The fraction of sp³-hybridized carbons (Fsp3) is 0.556. The number of amides is 1. The number of carbonyl (C=O) groups is 1. The van der Waals surface area contributed by atoms with Gasteiger partial charge in [0, 0.05) is 23.7 Å². The standard InChI is InChI=1S/C18H24N4O.ClH/c1-2-22-17-10-14(8-7-13(17)11-19-22)20-18(23)16-9-12-5-3-4-6-15(12)21-16;/h7-8,10-12,15-16,21H,2-6,9H2,1H3,(H,20,23);1H. The van der Waals surface area contributed by atoms with Gasteiger partial charge in [0.05, 0.1) is 17.8 Å². The van der Waals surface area contributed by atoms with Crippen LogP contribution in [0, 0.1) is 5.92 Å². The first kappa shape index (κ1) is 17.2. The van der Waals surface area contributed by atoms with Crippen LogP contribution in [0.3, 0.4) is 0 Å². The Kier molecular flexibility index (Phi) is 5.11. The highest BCUT2D eigenvalue weighted by Gasteiger charge is 2.38. The number of nitrogens with one attached hydrogen (secondary N) is 2. The predicted octanol–water partition coefficient (Wildman–Crippen LogP) is 3.34. The summed E-state index contributed by atoms with van der Waals surface area (Å²) in [4.78, 5) is 12.6. The number of nitrogens with zero attached hydrogens (tertiary/aromatic N) is 2. The van der Waals surface area contributed by atoms with Crippen molar-refractivity contribution in [2.45, 2.75) is 57.7 Å². The average molecular weight is 349 g/mol. The van der Waals surface area contributed by atoms with Crippen molar-refractivity contribution in [2.75, 3.05) is 5.32 Å². The second-order valence-electron chi connectivity index (χ2n) is 6.83. The Balaban J connectivity index is 0.00000169. The lowest BCUT2D eigenvalue weighted by molar-refractivity contribution is -0.117. The van der Waals surface area contributed by atoms with Crippen LogP contribution < -0.4 is 10.6 Å². The van der Waals surface area contributed by atoms with Crippen molar-refractivity contribution in [3.05, 3.63) is 24.4 Å². The molecule has 130 valence electrons. The van der Waals surface area contributed by atoms with E-state index in [9.17, 15) is 4.79 Å². The van der Waals surface area contributed by atoms with E-state index in [0.29, 0.717) is 12.0 Å². The predicted molar refractivity (Wildman–Crippen MR) is 98.6 cm³/mol. The summed E-state index contributed by atoms with van der Waals surface area (Å²) in [5, 5.41) is 12.1. The fourth-order valence-corrected chi connectivity index (χ4v) is 4.15. The first-order valence-corrected chi connectivity index (χ1v) is 8.77. The van der Waals surface area contributed by atoms with Crippen molar-refractivity contribution in [3.8, 4) is 0 Å². The third-order valence-corrected chi connectivity index (χ3v) is 5.39. The molecule has 3 atom stereocenters. The maximum absolute atomic E-state index is 12.6. The molecule has 2 heterocycles. The number of carbonyl (C=O) groups excluding carboxylic acids is 1. The smallest absolute Gasteiger partial charge is 0.241 e. The van der Waals surface area contributed by atoms with Gasteiger partial charge >= 0.3 is 0 Å². The number of fused-ring (bicyclic) bond motifs is 2. The summed E-state index contributed by atoms with van der Waals surface area (Å²) in [6.07, 6.45) is 7.94. The highest BCUT2D eigenvalue weighted by Crippen LogP contribution is 2.33. The average Bonchev–Trinajstić information content (AvgIpc) is 3.18. The molecule has 0 spiro atoms. The van der Waals surface area contributed by atoms with Gasteiger partial charge in [-0.3, -0.25) is 9.48 Å². The third-order valence-electron chi connectivity index (χ3n) is 5.39. The van der Waals surface area contributed by atoms with Gasteiger partial charge < -0.3 is 10.6 Å². The lowest BCUT2D eigenvalue weighted by Crippen LogP contribution is -2.39. The molecule has 0 radical (unpaired) electrons. The summed E-state index contributed by atoms with van der Waals surface area (Å²) >= 11 is 0. The van der Waals surface area contributed by atoms with Gasteiger partial charge in [0.25, 0.3) is 0 Å². The van der Waals surface area contributed by atoms with Crippen LogP contribution in [0.25, 0.3) is 10.9 Å². The van der Waals surface area contributed by atoms with Crippen molar-refractivity contribution in [1.82, 2.24) is 15.1 Å². The minimum absolute atomic E-state index is 0. The lowest BCUT2D eigenvalue weighted by Gasteiger charge is -2.24. The van der Waals surface area contributed by atoms with E-state index in [4.69, 9.17) is 0 Å². The molecule has 0 bridgehead atoms. The Morgan fingerprint density at radius 3 is 3.00 bits per heavy atom. The number of hydrogen-bond donors (Lipinski definition) is 2. The first-order valence-electron chi connectivity index (χ1n) is 8.77. The Morgan fingerprint density at radius 1 is 1.38 bits per heavy atom. The maximum atomic E-state index is 12.6. The molecule has 1 aromatic heterocycles. The Labute approximate surface area is 148 Å². The van der Waals surface area contributed by atoms with Crippen LogP contribution >= 0.6 is 12.4 Å². The van der Waals surface area contributed by atoms with Crippen molar-refractivity contribution in [1.29, 1.82) is 0 Å². The number of aromatic nitrogens is 2. The molecule has 2 aliphatic rings. The van der Waals surface area contributed by atoms with Crippen LogP contribution in [0.2, 0.25) is 0 Å². The zero-order valence-electron chi connectivity index (χ0n) is 14.0. The molecule has 2 fully saturated rings. The number of anilines is 1. The molecular formula is C18H25ClN4O. The molecular weight excluding hydrogens is 324 g/mol. The quantitative estimate of drug-likeness (QED) is 0.894. The molecule has 5 nitrogen and oxygen atoms in total. The van der Waals surface area contributed by atoms with Gasteiger partial charge in [-0.05, 0) is 50.3 Å². The zero-order chi connectivity index (χ0) is 15.8. The molecule has 3 unspecified atom stereocenters.